The van der Waals surface area contributed by atoms with Gasteiger partial charge in [0.15, 0.2) is 11.5 Å². The van der Waals surface area contributed by atoms with Gasteiger partial charge in [-0.25, -0.2) is 0 Å². The number of nitrogens with zero attached hydrogens (tertiary/aromatic N) is 1. The van der Waals surface area contributed by atoms with Crippen molar-refractivity contribution in [2.75, 3.05) is 6.54 Å². The molecule has 0 radical (unpaired) electrons. The smallest absolute Gasteiger partial charge is 0.290 e. The van der Waals surface area contributed by atoms with Crippen molar-refractivity contribution >= 4 is 11.7 Å². The Bertz CT molecular complexity index is 1030. The molecule has 3 aliphatic rings. The number of hydrogen-bond donors (Lipinski definition) is 0. The molecule has 1 fully saturated rings. The Morgan fingerprint density at radius 1 is 1.00 bits per heavy atom. The number of carbonyl (C=O) groups is 2. The Morgan fingerprint density at radius 2 is 1.77 bits per heavy atom. The van der Waals surface area contributed by atoms with E-state index in [2.05, 4.69) is 0 Å². The van der Waals surface area contributed by atoms with Crippen molar-refractivity contribution in [3.05, 3.63) is 71.5 Å². The van der Waals surface area contributed by atoms with Gasteiger partial charge in [0.05, 0.1) is 17.5 Å². The summed E-state index contributed by atoms with van der Waals surface area (Å²) in [5, 5.41) is 0. The maximum absolute atomic E-state index is 13.5. The molecule has 0 bridgehead atoms. The predicted molar refractivity (Wildman–Crippen MR) is 117 cm³/mol. The van der Waals surface area contributed by atoms with E-state index in [4.69, 9.17) is 9.47 Å². The molecule has 2 heterocycles. The maximum atomic E-state index is 13.5. The van der Waals surface area contributed by atoms with Gasteiger partial charge in [-0.05, 0) is 55.5 Å². The van der Waals surface area contributed by atoms with Crippen LogP contribution < -0.4 is 4.74 Å². The summed E-state index contributed by atoms with van der Waals surface area (Å²) >= 11 is 0. The summed E-state index contributed by atoms with van der Waals surface area (Å²) in [6.45, 7) is 2.62. The lowest BCUT2D eigenvalue weighted by molar-refractivity contribution is -0.135. The van der Waals surface area contributed by atoms with E-state index in [0.29, 0.717) is 17.9 Å². The van der Waals surface area contributed by atoms with Gasteiger partial charge in [-0.1, -0.05) is 43.7 Å². The lowest BCUT2D eigenvalue weighted by atomic mass is 9.77. The molecular formula is C26H27NO4. The van der Waals surface area contributed by atoms with E-state index in [-0.39, 0.29) is 29.5 Å². The van der Waals surface area contributed by atoms with Crippen LogP contribution in [0.1, 0.15) is 50.6 Å². The number of carbonyl (C=O) groups excluding carboxylic acids is 2. The number of rotatable bonds is 5. The first-order valence-electron chi connectivity index (χ1n) is 11.3. The number of ketones is 1. The third-order valence-electron chi connectivity index (χ3n) is 6.48. The summed E-state index contributed by atoms with van der Waals surface area (Å²) in [5.41, 5.74) is 1.42. The molecule has 5 heteroatoms. The van der Waals surface area contributed by atoms with Crippen LogP contribution in [0.3, 0.4) is 0 Å². The predicted octanol–water partition coefficient (Wildman–Crippen LogP) is 5.18. The molecular weight excluding hydrogens is 390 g/mol. The first-order valence-corrected chi connectivity index (χ1v) is 11.3. The van der Waals surface area contributed by atoms with Crippen LogP contribution in [-0.2, 0) is 14.3 Å². The molecule has 1 saturated carbocycles. The molecule has 5 rings (SSSR count). The quantitative estimate of drug-likeness (QED) is 0.672. The van der Waals surface area contributed by atoms with Crippen LogP contribution >= 0.6 is 0 Å². The van der Waals surface area contributed by atoms with E-state index in [1.807, 2.05) is 61.5 Å². The number of fused-ring (bicyclic) bond motifs is 1. The zero-order valence-corrected chi connectivity index (χ0v) is 17.8. The van der Waals surface area contributed by atoms with Crippen LogP contribution in [0.25, 0.3) is 0 Å². The van der Waals surface area contributed by atoms with Gasteiger partial charge in [-0.15, -0.1) is 0 Å². The molecule has 0 spiro atoms. The molecule has 3 unspecified atom stereocenters. The number of para-hydroxylation sites is 1. The zero-order chi connectivity index (χ0) is 21.4. The van der Waals surface area contributed by atoms with E-state index in [0.717, 1.165) is 43.4 Å². The average molecular weight is 418 g/mol. The first kappa shape index (κ1) is 19.9. The summed E-state index contributed by atoms with van der Waals surface area (Å²) in [6.07, 6.45) is 4.43. The monoisotopic (exact) mass is 417 g/mol. The normalized spacial score (nSPS) is 25.2. The number of ether oxygens (including phenoxy) is 2. The largest absolute Gasteiger partial charge is 0.483 e. The topological polar surface area (TPSA) is 55.8 Å². The highest BCUT2D eigenvalue weighted by Crippen LogP contribution is 2.47. The van der Waals surface area contributed by atoms with Gasteiger partial charge in [0, 0.05) is 6.54 Å². The van der Waals surface area contributed by atoms with Gasteiger partial charge >= 0.3 is 0 Å². The van der Waals surface area contributed by atoms with Crippen molar-refractivity contribution in [2.45, 2.75) is 51.2 Å². The van der Waals surface area contributed by atoms with Gasteiger partial charge < -0.3 is 14.4 Å². The van der Waals surface area contributed by atoms with Crippen LogP contribution in [0.2, 0.25) is 0 Å². The molecule has 3 atom stereocenters. The van der Waals surface area contributed by atoms with Crippen LogP contribution in [0.15, 0.2) is 65.9 Å². The number of hydrogen-bond acceptors (Lipinski definition) is 4. The van der Waals surface area contributed by atoms with Crippen LogP contribution in [0, 0.1) is 5.92 Å². The molecule has 2 aliphatic heterocycles. The van der Waals surface area contributed by atoms with Crippen LogP contribution in [0.5, 0.6) is 11.5 Å². The van der Waals surface area contributed by atoms with E-state index in [9.17, 15) is 9.59 Å². The SMILES string of the molecule is CCCN1C(=O)C2=C(C(=O)C3CCCCC3O2)C1c1cccc(Oc2ccccc2)c1. The minimum absolute atomic E-state index is 0.0947. The highest BCUT2D eigenvalue weighted by Gasteiger charge is 2.51. The van der Waals surface area contributed by atoms with Crippen molar-refractivity contribution < 1.29 is 19.1 Å². The fourth-order valence-electron chi connectivity index (χ4n) is 5.08. The second-order valence-corrected chi connectivity index (χ2v) is 8.54. The minimum Gasteiger partial charge on any atom is -0.483 e. The fourth-order valence-corrected chi connectivity index (χ4v) is 5.08. The molecule has 5 nitrogen and oxygen atoms in total. The van der Waals surface area contributed by atoms with Gasteiger partial charge in [0.2, 0.25) is 0 Å². The second kappa shape index (κ2) is 8.22. The average Bonchev–Trinajstić information content (AvgIpc) is 3.07. The summed E-state index contributed by atoms with van der Waals surface area (Å²) < 4.78 is 12.2. The van der Waals surface area contributed by atoms with Crippen LogP contribution in [-0.4, -0.2) is 29.2 Å². The molecule has 0 aromatic heterocycles. The standard InChI is InChI=1S/C26H27NO4/c1-2-15-27-23(17-9-8-12-19(16-17)30-18-10-4-3-5-11-18)22-24(28)20-13-6-7-14-21(20)31-25(22)26(27)29/h3-5,8-12,16,20-21,23H,2,6-7,13-15H2,1H3. The molecule has 2 aromatic carbocycles. The third kappa shape index (κ3) is 3.52. The van der Waals surface area contributed by atoms with Gasteiger partial charge in [0.1, 0.15) is 17.6 Å². The molecule has 2 aromatic rings. The highest BCUT2D eigenvalue weighted by molar-refractivity contribution is 6.11. The Hall–Kier alpha value is -3.08. The van der Waals surface area contributed by atoms with E-state index < -0.39 is 6.04 Å². The molecule has 160 valence electrons. The van der Waals surface area contributed by atoms with Gasteiger partial charge in [-0.2, -0.15) is 0 Å². The number of amides is 1. The van der Waals surface area contributed by atoms with Gasteiger partial charge in [-0.3, -0.25) is 9.59 Å². The van der Waals surface area contributed by atoms with E-state index in [1.54, 1.807) is 4.90 Å². The molecule has 31 heavy (non-hydrogen) atoms. The summed E-state index contributed by atoms with van der Waals surface area (Å²) in [5.74, 6) is 1.51. The second-order valence-electron chi connectivity index (χ2n) is 8.54. The van der Waals surface area contributed by atoms with E-state index in [1.165, 1.54) is 0 Å². The molecule has 1 amide bonds. The van der Waals surface area contributed by atoms with Gasteiger partial charge in [0.25, 0.3) is 5.91 Å². The molecule has 0 saturated heterocycles. The van der Waals surface area contributed by atoms with Crippen molar-refractivity contribution in [1.82, 2.24) is 4.90 Å². The summed E-state index contributed by atoms with van der Waals surface area (Å²) in [7, 11) is 0. The van der Waals surface area contributed by atoms with Crippen LogP contribution in [0.4, 0.5) is 0 Å². The number of Topliss-reactive ketones (excluding diaryl/α,β-unsaturated/α-hetero) is 1. The Labute approximate surface area is 182 Å². The zero-order valence-electron chi connectivity index (χ0n) is 17.8. The van der Waals surface area contributed by atoms with E-state index >= 15 is 0 Å². The summed E-state index contributed by atoms with van der Waals surface area (Å²) in [6, 6.07) is 16.9. The lowest BCUT2D eigenvalue weighted by Gasteiger charge is -2.35. The third-order valence-corrected chi connectivity index (χ3v) is 6.48. The molecule has 1 aliphatic carbocycles. The van der Waals surface area contributed by atoms with Crippen molar-refractivity contribution in [2.24, 2.45) is 5.92 Å². The Balaban J connectivity index is 1.53. The first-order chi connectivity index (χ1) is 15.2. The number of benzene rings is 2. The van der Waals surface area contributed by atoms with Crippen molar-refractivity contribution in [3.63, 3.8) is 0 Å². The minimum atomic E-state index is -0.419. The maximum Gasteiger partial charge on any atom is 0.290 e. The van der Waals surface area contributed by atoms with Crippen molar-refractivity contribution in [3.8, 4) is 11.5 Å². The Morgan fingerprint density at radius 3 is 2.58 bits per heavy atom. The molecule has 0 N–H and O–H groups in total. The van der Waals surface area contributed by atoms with Crippen molar-refractivity contribution in [1.29, 1.82) is 0 Å². The highest BCUT2D eigenvalue weighted by atomic mass is 16.5. The fraction of sp³-hybridized carbons (Fsp3) is 0.385. The Kier molecular flexibility index (Phi) is 5.26. The summed E-state index contributed by atoms with van der Waals surface area (Å²) in [4.78, 5) is 28.6. The lowest BCUT2D eigenvalue weighted by Crippen LogP contribution is -2.39.